The van der Waals surface area contributed by atoms with Gasteiger partial charge in [-0.15, -0.1) is 0 Å². The average Bonchev–Trinajstić information content (AvgIpc) is 2.55. The van der Waals surface area contributed by atoms with E-state index in [1.54, 1.807) is 6.07 Å². The van der Waals surface area contributed by atoms with E-state index in [0.29, 0.717) is 12.8 Å². The summed E-state index contributed by atoms with van der Waals surface area (Å²) in [5.74, 6) is 0.0743. The molecule has 0 aromatic heterocycles. The first kappa shape index (κ1) is 16.9. The summed E-state index contributed by atoms with van der Waals surface area (Å²) in [4.78, 5) is 28.0. The number of carbonyl (C=O) groups excluding carboxylic acids is 2. The van der Waals surface area contributed by atoms with E-state index in [1.807, 2.05) is 23.8 Å². The Bertz CT molecular complexity index is 651. The van der Waals surface area contributed by atoms with Gasteiger partial charge < -0.3 is 9.80 Å². The lowest BCUT2D eigenvalue weighted by Crippen LogP contribution is -2.51. The number of carbonyl (C=O) groups is 2. The quantitative estimate of drug-likeness (QED) is 0.835. The number of benzene rings is 1. The molecular formula is C19H25FN2O2. The summed E-state index contributed by atoms with van der Waals surface area (Å²) in [5, 5.41) is 0. The summed E-state index contributed by atoms with van der Waals surface area (Å²) in [6, 6.07) is 4.59. The van der Waals surface area contributed by atoms with E-state index in [0.717, 1.165) is 50.0 Å². The first-order valence-corrected chi connectivity index (χ1v) is 8.65. The van der Waals surface area contributed by atoms with Crippen molar-refractivity contribution in [2.24, 2.45) is 5.41 Å². The van der Waals surface area contributed by atoms with Crippen LogP contribution in [0.25, 0.3) is 0 Å². The number of halogens is 1. The zero-order valence-corrected chi connectivity index (χ0v) is 14.5. The van der Waals surface area contributed by atoms with E-state index >= 15 is 0 Å². The molecule has 2 amide bonds. The lowest BCUT2D eigenvalue weighted by Gasteiger charge is -2.46. The van der Waals surface area contributed by atoms with Crippen molar-refractivity contribution in [1.82, 2.24) is 9.80 Å². The van der Waals surface area contributed by atoms with E-state index < -0.39 is 0 Å². The standard InChI is InChI=1S/C19H25FN2O2/c1-14-11-16(20)4-3-15(14)12-18(24)22-9-7-19(8-10-22)6-5-17(23)21(2)13-19/h3-4,11H,5-10,12-13H2,1-2H3. The van der Waals surface area contributed by atoms with Crippen LogP contribution in [0.15, 0.2) is 18.2 Å². The Morgan fingerprint density at radius 3 is 2.58 bits per heavy atom. The fourth-order valence-electron chi connectivity index (χ4n) is 4.00. The highest BCUT2D eigenvalue weighted by Crippen LogP contribution is 2.39. The van der Waals surface area contributed by atoms with Crippen LogP contribution in [0.2, 0.25) is 0 Å². The molecule has 0 N–H and O–H groups in total. The Morgan fingerprint density at radius 2 is 1.96 bits per heavy atom. The highest BCUT2D eigenvalue weighted by Gasteiger charge is 2.40. The molecule has 2 fully saturated rings. The van der Waals surface area contributed by atoms with Gasteiger partial charge in [0.2, 0.25) is 11.8 Å². The molecule has 0 bridgehead atoms. The zero-order chi connectivity index (χ0) is 17.3. The van der Waals surface area contributed by atoms with Crippen LogP contribution in [-0.4, -0.2) is 48.3 Å². The van der Waals surface area contributed by atoms with Gasteiger partial charge in [0.15, 0.2) is 0 Å². The van der Waals surface area contributed by atoms with Crippen molar-refractivity contribution in [3.63, 3.8) is 0 Å². The number of nitrogens with zero attached hydrogens (tertiary/aromatic N) is 2. The van der Waals surface area contributed by atoms with Crippen LogP contribution in [0.3, 0.4) is 0 Å². The third-order valence-corrected chi connectivity index (χ3v) is 5.69. The van der Waals surface area contributed by atoms with E-state index in [1.165, 1.54) is 12.1 Å². The number of hydrogen-bond donors (Lipinski definition) is 0. The lowest BCUT2D eigenvalue weighted by atomic mass is 9.72. The first-order valence-electron chi connectivity index (χ1n) is 8.65. The Hall–Kier alpha value is -1.91. The molecule has 0 atom stereocenters. The number of hydrogen-bond acceptors (Lipinski definition) is 2. The first-order chi connectivity index (χ1) is 11.4. The molecule has 0 radical (unpaired) electrons. The highest BCUT2D eigenvalue weighted by molar-refractivity contribution is 5.79. The highest BCUT2D eigenvalue weighted by atomic mass is 19.1. The van der Waals surface area contributed by atoms with E-state index in [4.69, 9.17) is 0 Å². The summed E-state index contributed by atoms with van der Waals surface area (Å²) in [6.07, 6.45) is 3.81. The zero-order valence-electron chi connectivity index (χ0n) is 14.5. The largest absolute Gasteiger partial charge is 0.345 e. The number of rotatable bonds is 2. The molecule has 0 saturated carbocycles. The minimum Gasteiger partial charge on any atom is -0.345 e. The monoisotopic (exact) mass is 332 g/mol. The van der Waals surface area contributed by atoms with Gasteiger partial charge in [-0.1, -0.05) is 6.07 Å². The maximum absolute atomic E-state index is 13.2. The van der Waals surface area contributed by atoms with Crippen LogP contribution in [0.1, 0.15) is 36.8 Å². The molecule has 2 aliphatic rings. The number of piperidine rings is 2. The molecule has 4 nitrogen and oxygen atoms in total. The molecule has 2 saturated heterocycles. The number of likely N-dealkylation sites (tertiary alicyclic amines) is 2. The summed E-state index contributed by atoms with van der Waals surface area (Å²) in [6.45, 7) is 4.15. The predicted molar refractivity (Wildman–Crippen MR) is 90.0 cm³/mol. The SMILES string of the molecule is Cc1cc(F)ccc1CC(=O)N1CCC2(CCC(=O)N(C)C2)CC1. The van der Waals surface area contributed by atoms with Crippen molar-refractivity contribution < 1.29 is 14.0 Å². The third kappa shape index (κ3) is 3.45. The van der Waals surface area contributed by atoms with Gasteiger partial charge in [0, 0.05) is 33.1 Å². The molecule has 5 heteroatoms. The Labute approximate surface area is 142 Å². The second kappa shape index (κ2) is 6.54. The summed E-state index contributed by atoms with van der Waals surface area (Å²) < 4.78 is 13.2. The maximum atomic E-state index is 13.2. The maximum Gasteiger partial charge on any atom is 0.226 e. The molecule has 1 aromatic rings. The van der Waals surface area contributed by atoms with Crippen LogP contribution in [-0.2, 0) is 16.0 Å². The van der Waals surface area contributed by atoms with Crippen LogP contribution >= 0.6 is 0 Å². The van der Waals surface area contributed by atoms with Crippen molar-refractivity contribution in [3.8, 4) is 0 Å². The van der Waals surface area contributed by atoms with Crippen molar-refractivity contribution in [2.75, 3.05) is 26.7 Å². The van der Waals surface area contributed by atoms with E-state index in [-0.39, 0.29) is 23.0 Å². The summed E-state index contributed by atoms with van der Waals surface area (Å²) >= 11 is 0. The van der Waals surface area contributed by atoms with Gasteiger partial charge in [-0.05, 0) is 54.9 Å². The minimum absolute atomic E-state index is 0.111. The summed E-state index contributed by atoms with van der Waals surface area (Å²) in [7, 11) is 1.87. The topological polar surface area (TPSA) is 40.6 Å². The molecule has 2 heterocycles. The Morgan fingerprint density at radius 1 is 1.25 bits per heavy atom. The second-order valence-electron chi connectivity index (χ2n) is 7.38. The van der Waals surface area contributed by atoms with Gasteiger partial charge in [-0.25, -0.2) is 4.39 Å². The Balaban J connectivity index is 1.58. The van der Waals surface area contributed by atoms with Crippen LogP contribution in [0.4, 0.5) is 4.39 Å². The lowest BCUT2D eigenvalue weighted by molar-refractivity contribution is -0.140. The molecule has 3 rings (SSSR count). The van der Waals surface area contributed by atoms with Crippen molar-refractivity contribution in [2.45, 2.75) is 39.0 Å². The van der Waals surface area contributed by atoms with Crippen LogP contribution in [0, 0.1) is 18.2 Å². The van der Waals surface area contributed by atoms with Gasteiger partial charge in [-0.2, -0.15) is 0 Å². The van der Waals surface area contributed by atoms with E-state index in [9.17, 15) is 14.0 Å². The molecule has 1 aromatic carbocycles. The second-order valence-corrected chi connectivity index (χ2v) is 7.38. The van der Waals surface area contributed by atoms with Gasteiger partial charge in [0.25, 0.3) is 0 Å². The molecule has 0 aliphatic carbocycles. The average molecular weight is 332 g/mol. The van der Waals surface area contributed by atoms with Crippen molar-refractivity contribution in [1.29, 1.82) is 0 Å². The van der Waals surface area contributed by atoms with Crippen molar-refractivity contribution >= 4 is 11.8 Å². The molecule has 24 heavy (non-hydrogen) atoms. The minimum atomic E-state index is -0.264. The predicted octanol–water partition coefficient (Wildman–Crippen LogP) is 2.54. The number of amides is 2. The molecule has 2 aliphatic heterocycles. The van der Waals surface area contributed by atoms with Gasteiger partial charge in [-0.3, -0.25) is 9.59 Å². The van der Waals surface area contributed by atoms with E-state index in [2.05, 4.69) is 0 Å². The smallest absolute Gasteiger partial charge is 0.226 e. The fraction of sp³-hybridized carbons (Fsp3) is 0.579. The van der Waals surface area contributed by atoms with Crippen molar-refractivity contribution in [3.05, 3.63) is 35.1 Å². The Kier molecular flexibility index (Phi) is 4.61. The fourth-order valence-corrected chi connectivity index (χ4v) is 4.00. The van der Waals surface area contributed by atoms with Crippen LogP contribution in [0.5, 0.6) is 0 Å². The third-order valence-electron chi connectivity index (χ3n) is 5.69. The van der Waals surface area contributed by atoms with Gasteiger partial charge >= 0.3 is 0 Å². The van der Waals surface area contributed by atoms with Gasteiger partial charge in [0.05, 0.1) is 6.42 Å². The molecule has 0 unspecified atom stereocenters. The van der Waals surface area contributed by atoms with Crippen LogP contribution < -0.4 is 0 Å². The molecule has 130 valence electrons. The summed E-state index contributed by atoms with van der Waals surface area (Å²) in [5.41, 5.74) is 1.90. The molecular weight excluding hydrogens is 307 g/mol. The molecule has 1 spiro atoms. The normalized spacial score (nSPS) is 20.5. The van der Waals surface area contributed by atoms with Gasteiger partial charge in [0.1, 0.15) is 5.82 Å². The number of aryl methyl sites for hydroxylation is 1.